The van der Waals surface area contributed by atoms with Crippen LogP contribution in [-0.4, -0.2) is 48.6 Å². The lowest BCUT2D eigenvalue weighted by molar-refractivity contribution is -0.157. The number of hydrogen-bond acceptors (Lipinski definition) is 4. The maximum absolute atomic E-state index is 12.7. The Bertz CT molecular complexity index is 1010. The Morgan fingerprint density at radius 1 is 1.06 bits per heavy atom. The largest absolute Gasteiger partial charge is 0.481 e. The quantitative estimate of drug-likeness (QED) is 0.252. The molecule has 2 aromatic rings. The molecule has 1 aliphatic rings. The first-order valence-electron chi connectivity index (χ1n) is 11.9. The van der Waals surface area contributed by atoms with Gasteiger partial charge in [0.1, 0.15) is 5.41 Å². The van der Waals surface area contributed by atoms with Gasteiger partial charge in [-0.05, 0) is 49.1 Å². The van der Waals surface area contributed by atoms with Crippen molar-refractivity contribution in [1.29, 1.82) is 0 Å². The third-order valence-electron chi connectivity index (χ3n) is 6.29. The second kappa shape index (κ2) is 12.5. The van der Waals surface area contributed by atoms with Crippen LogP contribution < -0.4 is 0 Å². The number of benzene rings is 2. The summed E-state index contributed by atoms with van der Waals surface area (Å²) in [7, 11) is 0. The predicted molar refractivity (Wildman–Crippen MR) is 143 cm³/mol. The smallest absolute Gasteiger partial charge is 0.316 e. The summed E-state index contributed by atoms with van der Waals surface area (Å²) in [5.74, 6) is -0.863. The van der Waals surface area contributed by atoms with Crippen molar-refractivity contribution < 1.29 is 19.4 Å². The van der Waals surface area contributed by atoms with Gasteiger partial charge in [0.2, 0.25) is 0 Å². The van der Waals surface area contributed by atoms with E-state index in [0.29, 0.717) is 36.4 Å². The van der Waals surface area contributed by atoms with E-state index in [0.717, 1.165) is 16.7 Å². The number of nitrogens with zero attached hydrogens (tertiary/aromatic N) is 1. The Balaban J connectivity index is 1.96. The van der Waals surface area contributed by atoms with Gasteiger partial charge in [-0.1, -0.05) is 89.2 Å². The first-order valence-corrected chi connectivity index (χ1v) is 12.7. The minimum Gasteiger partial charge on any atom is -0.481 e. The SMILES string of the molecule is C=C/C(=C(Br)\C=C(/C)C(OCC)OCC)C1(C(=O)O)CN(C(c2ccccc2)c2ccccc2)C1. The third-order valence-corrected chi connectivity index (χ3v) is 6.95. The van der Waals surface area contributed by atoms with Gasteiger partial charge in [0, 0.05) is 30.8 Å². The molecule has 1 N–H and O–H groups in total. The number of likely N-dealkylation sites (tertiary alicyclic amines) is 1. The van der Waals surface area contributed by atoms with Crippen molar-refractivity contribution >= 4 is 21.9 Å². The first-order chi connectivity index (χ1) is 16.9. The molecule has 0 saturated carbocycles. The maximum Gasteiger partial charge on any atom is 0.316 e. The summed E-state index contributed by atoms with van der Waals surface area (Å²) in [6.45, 7) is 11.5. The molecule has 0 atom stereocenters. The lowest BCUT2D eigenvalue weighted by Gasteiger charge is -2.51. The molecule has 2 aromatic carbocycles. The highest BCUT2D eigenvalue weighted by molar-refractivity contribution is 9.11. The van der Waals surface area contributed by atoms with Crippen molar-refractivity contribution in [2.45, 2.75) is 33.1 Å². The van der Waals surface area contributed by atoms with E-state index < -0.39 is 17.7 Å². The lowest BCUT2D eigenvalue weighted by atomic mass is 9.71. The second-order valence-corrected chi connectivity index (χ2v) is 9.47. The fraction of sp³-hybridized carbons (Fsp3) is 0.345. The van der Waals surface area contributed by atoms with Crippen LogP contribution in [0.4, 0.5) is 0 Å². The van der Waals surface area contributed by atoms with E-state index in [1.165, 1.54) is 0 Å². The molecule has 1 saturated heterocycles. The van der Waals surface area contributed by atoms with Crippen molar-refractivity contribution in [1.82, 2.24) is 4.90 Å². The monoisotopic (exact) mass is 539 g/mol. The molecule has 186 valence electrons. The summed E-state index contributed by atoms with van der Waals surface area (Å²) < 4.78 is 12.1. The number of carbonyl (C=O) groups is 1. The topological polar surface area (TPSA) is 59.0 Å². The van der Waals surface area contributed by atoms with Gasteiger partial charge in [-0.3, -0.25) is 9.69 Å². The van der Waals surface area contributed by atoms with E-state index in [4.69, 9.17) is 9.47 Å². The molecule has 5 nitrogen and oxygen atoms in total. The Kier molecular flexibility index (Phi) is 9.63. The van der Waals surface area contributed by atoms with Gasteiger partial charge in [-0.2, -0.15) is 0 Å². The highest BCUT2D eigenvalue weighted by Crippen LogP contribution is 2.47. The molecule has 6 heteroatoms. The average Bonchev–Trinajstić information content (AvgIpc) is 2.83. The third kappa shape index (κ3) is 6.01. The maximum atomic E-state index is 12.7. The second-order valence-electron chi connectivity index (χ2n) is 8.61. The van der Waals surface area contributed by atoms with E-state index >= 15 is 0 Å². The van der Waals surface area contributed by atoms with Crippen LogP contribution in [0.5, 0.6) is 0 Å². The molecule has 0 aromatic heterocycles. The summed E-state index contributed by atoms with van der Waals surface area (Å²) in [6.07, 6.45) is 3.05. The molecule has 35 heavy (non-hydrogen) atoms. The summed E-state index contributed by atoms with van der Waals surface area (Å²) in [6, 6.07) is 20.4. The molecule has 0 radical (unpaired) electrons. The molecular weight excluding hydrogens is 506 g/mol. The van der Waals surface area contributed by atoms with Gasteiger partial charge in [-0.25, -0.2) is 0 Å². The lowest BCUT2D eigenvalue weighted by Crippen LogP contribution is -2.62. The van der Waals surface area contributed by atoms with Crippen LogP contribution in [0.3, 0.4) is 0 Å². The number of aliphatic carboxylic acids is 1. The van der Waals surface area contributed by atoms with E-state index in [1.807, 2.05) is 63.2 Å². The zero-order chi connectivity index (χ0) is 25.4. The summed E-state index contributed by atoms with van der Waals surface area (Å²) in [4.78, 5) is 14.9. The van der Waals surface area contributed by atoms with Gasteiger partial charge in [-0.15, -0.1) is 0 Å². The fourth-order valence-corrected chi connectivity index (χ4v) is 5.52. The van der Waals surface area contributed by atoms with Crippen molar-refractivity contribution in [2.75, 3.05) is 26.3 Å². The minimum absolute atomic E-state index is 0.0349. The zero-order valence-electron chi connectivity index (χ0n) is 20.6. The summed E-state index contributed by atoms with van der Waals surface area (Å²) in [5.41, 5.74) is 2.68. The molecule has 1 fully saturated rings. The molecule has 1 aliphatic heterocycles. The van der Waals surface area contributed by atoms with E-state index in [-0.39, 0.29) is 6.04 Å². The van der Waals surface area contributed by atoms with Gasteiger partial charge in [0.05, 0.1) is 6.04 Å². The van der Waals surface area contributed by atoms with Crippen LogP contribution in [0.15, 0.2) is 95.0 Å². The summed E-state index contributed by atoms with van der Waals surface area (Å²) >= 11 is 3.64. The number of allylic oxidation sites excluding steroid dienone is 3. The molecule has 0 unspecified atom stereocenters. The number of hydrogen-bond donors (Lipinski definition) is 1. The Hall–Kier alpha value is -2.51. The summed E-state index contributed by atoms with van der Waals surface area (Å²) in [5, 5.41) is 10.4. The van der Waals surface area contributed by atoms with Gasteiger partial charge >= 0.3 is 5.97 Å². The highest BCUT2D eigenvalue weighted by Gasteiger charge is 2.54. The van der Waals surface area contributed by atoms with Crippen LogP contribution in [0, 0.1) is 5.41 Å². The van der Waals surface area contributed by atoms with Gasteiger partial charge in [0.25, 0.3) is 0 Å². The van der Waals surface area contributed by atoms with E-state index in [2.05, 4.69) is 51.7 Å². The van der Waals surface area contributed by atoms with Gasteiger partial charge in [0.15, 0.2) is 6.29 Å². The van der Waals surface area contributed by atoms with Crippen LogP contribution in [0.25, 0.3) is 0 Å². The zero-order valence-corrected chi connectivity index (χ0v) is 22.2. The highest BCUT2D eigenvalue weighted by atomic mass is 79.9. The predicted octanol–water partition coefficient (Wildman–Crippen LogP) is 6.34. The normalized spacial score (nSPS) is 16.7. The fourth-order valence-electron chi connectivity index (χ4n) is 4.62. The van der Waals surface area contributed by atoms with E-state index in [1.54, 1.807) is 6.08 Å². The van der Waals surface area contributed by atoms with E-state index in [9.17, 15) is 9.90 Å². The Morgan fingerprint density at radius 3 is 1.94 bits per heavy atom. The van der Waals surface area contributed by atoms with Crippen molar-refractivity contribution in [3.8, 4) is 0 Å². The Morgan fingerprint density at radius 2 is 1.54 bits per heavy atom. The standard InChI is InChI=1S/C29H34BrNO4/c1-5-24(25(30)18-21(4)27(34-6-2)35-7-3)29(28(32)33)19-31(20-29)26(22-14-10-8-11-15-22)23-16-12-9-13-17-23/h5,8-18,26-27H,1,6-7,19-20H2,2-4H3,(H,32,33)/b21-18+,25-24-. The Labute approximate surface area is 216 Å². The van der Waals surface area contributed by atoms with Crippen LogP contribution in [0.1, 0.15) is 37.9 Å². The molecule has 0 amide bonds. The number of halogens is 1. The minimum atomic E-state index is -1.08. The van der Waals surface area contributed by atoms with Crippen molar-refractivity contribution in [3.05, 3.63) is 106 Å². The average molecular weight is 540 g/mol. The van der Waals surface area contributed by atoms with Crippen molar-refractivity contribution in [3.63, 3.8) is 0 Å². The first kappa shape index (κ1) is 27.1. The van der Waals surface area contributed by atoms with Crippen LogP contribution in [0.2, 0.25) is 0 Å². The van der Waals surface area contributed by atoms with Crippen molar-refractivity contribution in [2.24, 2.45) is 5.41 Å². The molecule has 0 aliphatic carbocycles. The number of ether oxygens (including phenoxy) is 2. The van der Waals surface area contributed by atoms with Gasteiger partial charge < -0.3 is 14.6 Å². The number of carboxylic acids is 1. The molecular formula is C29H34BrNO4. The van der Waals surface area contributed by atoms with Crippen LogP contribution >= 0.6 is 15.9 Å². The number of carboxylic acid groups (broad SMARTS) is 1. The number of rotatable bonds is 12. The molecule has 0 spiro atoms. The molecule has 1 heterocycles. The molecule has 0 bridgehead atoms. The van der Waals surface area contributed by atoms with Crippen LogP contribution in [-0.2, 0) is 14.3 Å². The molecule has 3 rings (SSSR count).